The molecule has 0 aliphatic carbocycles. The summed E-state index contributed by atoms with van der Waals surface area (Å²) in [5.74, 6) is -1.21. The van der Waals surface area contributed by atoms with Crippen molar-refractivity contribution in [3.8, 4) is 0 Å². The summed E-state index contributed by atoms with van der Waals surface area (Å²) in [6, 6.07) is 14.8. The highest BCUT2D eigenvalue weighted by atomic mass is 16.3. The van der Waals surface area contributed by atoms with E-state index in [1.807, 2.05) is 30.3 Å². The lowest BCUT2D eigenvalue weighted by Gasteiger charge is -2.32. The minimum atomic E-state index is -1.80. The summed E-state index contributed by atoms with van der Waals surface area (Å²) in [5, 5.41) is 21.0. The molecule has 0 unspecified atom stereocenters. The number of carbonyl (C=O) groups is 3. The van der Waals surface area contributed by atoms with Gasteiger partial charge in [-0.2, -0.15) is 0 Å². The van der Waals surface area contributed by atoms with Crippen molar-refractivity contribution in [1.29, 1.82) is 0 Å². The molecule has 35 heavy (non-hydrogen) atoms. The highest BCUT2D eigenvalue weighted by Crippen LogP contribution is 2.46. The molecule has 2 atom stereocenters. The Balaban J connectivity index is 1.49. The Hall–Kier alpha value is -3.49. The maximum atomic E-state index is 13.1. The van der Waals surface area contributed by atoms with Crippen LogP contribution in [0, 0.1) is 5.92 Å². The van der Waals surface area contributed by atoms with E-state index in [1.165, 1.54) is 4.90 Å². The predicted octanol–water partition coefficient (Wildman–Crippen LogP) is 2.19. The number of fused-ring (bicyclic) bond motifs is 1. The van der Waals surface area contributed by atoms with Gasteiger partial charge in [-0.15, -0.1) is 0 Å². The zero-order chi connectivity index (χ0) is 25.2. The van der Waals surface area contributed by atoms with E-state index in [9.17, 15) is 24.6 Å². The quantitative estimate of drug-likeness (QED) is 0.426. The standard InChI is InChI=1S/C27H31N3O5/c1-19(7-6-10-24(32)29(15-16-31)18-20-8-4-3-5-9-20)27(35)22-17-21(30-14-13-25(30)33)11-12-23(22)28(2)26(27)34/h3-9,11-12,17,19,31,35H,10,13-16,18H2,1-2H3/b7-6+/t19-,27+/m1/s1. The number of nitrogens with zero attached hydrogens (tertiary/aromatic N) is 3. The van der Waals surface area contributed by atoms with Crippen molar-refractivity contribution in [2.45, 2.75) is 31.9 Å². The molecule has 8 heteroatoms. The molecule has 3 amide bonds. The lowest BCUT2D eigenvalue weighted by atomic mass is 9.82. The number of aliphatic hydroxyl groups is 2. The summed E-state index contributed by atoms with van der Waals surface area (Å²) in [6.45, 7) is 2.82. The van der Waals surface area contributed by atoms with Gasteiger partial charge in [0, 0.05) is 56.7 Å². The van der Waals surface area contributed by atoms with Gasteiger partial charge in [0.25, 0.3) is 5.91 Å². The van der Waals surface area contributed by atoms with Crippen LogP contribution in [-0.2, 0) is 26.5 Å². The average molecular weight is 478 g/mol. The molecule has 8 nitrogen and oxygen atoms in total. The van der Waals surface area contributed by atoms with Crippen molar-refractivity contribution >= 4 is 29.1 Å². The Kier molecular flexibility index (Phi) is 7.05. The van der Waals surface area contributed by atoms with Gasteiger partial charge in [0.05, 0.1) is 12.3 Å². The average Bonchev–Trinajstić information content (AvgIpc) is 3.05. The van der Waals surface area contributed by atoms with E-state index in [2.05, 4.69) is 0 Å². The minimum absolute atomic E-state index is 0.0144. The fourth-order valence-electron chi connectivity index (χ4n) is 4.66. The molecular formula is C27H31N3O5. The Labute approximate surface area is 205 Å². The zero-order valence-corrected chi connectivity index (χ0v) is 20.1. The number of anilines is 2. The summed E-state index contributed by atoms with van der Waals surface area (Å²) in [4.78, 5) is 42.5. The molecule has 2 aliphatic rings. The van der Waals surface area contributed by atoms with Crippen LogP contribution >= 0.6 is 0 Å². The Morgan fingerprint density at radius 3 is 2.57 bits per heavy atom. The van der Waals surface area contributed by atoms with Gasteiger partial charge in [0.1, 0.15) is 0 Å². The predicted molar refractivity (Wildman–Crippen MR) is 133 cm³/mol. The van der Waals surface area contributed by atoms with Crippen LogP contribution in [0.2, 0.25) is 0 Å². The summed E-state index contributed by atoms with van der Waals surface area (Å²) in [6.07, 6.45) is 3.91. The summed E-state index contributed by atoms with van der Waals surface area (Å²) in [7, 11) is 1.61. The number of aliphatic hydroxyl groups excluding tert-OH is 1. The number of carbonyl (C=O) groups excluding carboxylic acids is 3. The van der Waals surface area contributed by atoms with Crippen LogP contribution in [0.25, 0.3) is 0 Å². The second-order valence-corrected chi connectivity index (χ2v) is 9.07. The second kappa shape index (κ2) is 10.0. The molecular weight excluding hydrogens is 446 g/mol. The Morgan fingerprint density at radius 1 is 1.20 bits per heavy atom. The first kappa shape index (κ1) is 24.6. The third kappa shape index (κ3) is 4.59. The molecule has 0 saturated carbocycles. The first-order valence-corrected chi connectivity index (χ1v) is 11.8. The number of hydrogen-bond acceptors (Lipinski definition) is 5. The van der Waals surface area contributed by atoms with Crippen LogP contribution < -0.4 is 9.80 Å². The van der Waals surface area contributed by atoms with Gasteiger partial charge in [-0.25, -0.2) is 0 Å². The van der Waals surface area contributed by atoms with Crippen molar-refractivity contribution in [2.75, 3.05) is 36.5 Å². The lowest BCUT2D eigenvalue weighted by Crippen LogP contribution is -2.44. The van der Waals surface area contributed by atoms with Crippen LogP contribution in [0.15, 0.2) is 60.7 Å². The summed E-state index contributed by atoms with van der Waals surface area (Å²) in [5.41, 5.74) is 0.879. The third-order valence-electron chi connectivity index (χ3n) is 6.86. The molecule has 2 N–H and O–H groups in total. The molecule has 0 aromatic heterocycles. The molecule has 1 fully saturated rings. The van der Waals surface area contributed by atoms with Crippen LogP contribution in [0.1, 0.15) is 30.9 Å². The highest BCUT2D eigenvalue weighted by molar-refractivity contribution is 6.08. The third-order valence-corrected chi connectivity index (χ3v) is 6.86. The van der Waals surface area contributed by atoms with Crippen molar-refractivity contribution in [1.82, 2.24) is 4.90 Å². The van der Waals surface area contributed by atoms with Gasteiger partial charge in [-0.05, 0) is 23.8 Å². The van der Waals surface area contributed by atoms with E-state index < -0.39 is 17.4 Å². The SMILES string of the molecule is C[C@H](/C=C/CC(=O)N(CCO)Cc1ccccc1)[C@@]1(O)C(=O)N(C)c2ccc(N3CCC3=O)cc21. The molecule has 2 aliphatic heterocycles. The topological polar surface area (TPSA) is 101 Å². The van der Waals surface area contributed by atoms with E-state index in [4.69, 9.17) is 0 Å². The van der Waals surface area contributed by atoms with E-state index >= 15 is 0 Å². The van der Waals surface area contributed by atoms with Crippen molar-refractivity contribution < 1.29 is 24.6 Å². The molecule has 184 valence electrons. The smallest absolute Gasteiger partial charge is 0.264 e. The number of likely N-dealkylation sites (N-methyl/N-ethyl adjacent to an activating group) is 1. The monoisotopic (exact) mass is 477 g/mol. The molecule has 2 aromatic rings. The second-order valence-electron chi connectivity index (χ2n) is 9.07. The van der Waals surface area contributed by atoms with Crippen LogP contribution in [0.3, 0.4) is 0 Å². The van der Waals surface area contributed by atoms with E-state index in [-0.39, 0.29) is 31.4 Å². The van der Waals surface area contributed by atoms with E-state index in [0.29, 0.717) is 36.4 Å². The fourth-order valence-corrected chi connectivity index (χ4v) is 4.66. The van der Waals surface area contributed by atoms with Crippen LogP contribution in [-0.4, -0.2) is 59.6 Å². The molecule has 0 bridgehead atoms. The van der Waals surface area contributed by atoms with Crippen LogP contribution in [0.4, 0.5) is 11.4 Å². The van der Waals surface area contributed by atoms with Gasteiger partial charge in [0.2, 0.25) is 11.8 Å². The first-order valence-electron chi connectivity index (χ1n) is 11.8. The molecule has 2 heterocycles. The largest absolute Gasteiger partial charge is 0.395 e. The Bertz CT molecular complexity index is 1150. The number of β-lactam (4-membered cyclic amide) rings is 1. The van der Waals surface area contributed by atoms with Crippen molar-refractivity contribution in [3.05, 3.63) is 71.8 Å². The molecule has 0 radical (unpaired) electrons. The number of hydrogen-bond donors (Lipinski definition) is 2. The van der Waals surface area contributed by atoms with Crippen LogP contribution in [0.5, 0.6) is 0 Å². The van der Waals surface area contributed by atoms with E-state index in [1.54, 1.807) is 54.1 Å². The van der Waals surface area contributed by atoms with Gasteiger partial charge < -0.3 is 24.9 Å². The minimum Gasteiger partial charge on any atom is -0.395 e. The first-order chi connectivity index (χ1) is 16.8. The van der Waals surface area contributed by atoms with Gasteiger partial charge in [0.15, 0.2) is 5.60 Å². The lowest BCUT2D eigenvalue weighted by molar-refractivity contribution is -0.139. The van der Waals surface area contributed by atoms with Gasteiger partial charge in [-0.3, -0.25) is 14.4 Å². The maximum Gasteiger partial charge on any atom is 0.264 e. The normalized spacial score (nSPS) is 20.2. The summed E-state index contributed by atoms with van der Waals surface area (Å²) < 4.78 is 0. The number of rotatable bonds is 9. The van der Waals surface area contributed by atoms with E-state index in [0.717, 1.165) is 5.56 Å². The van der Waals surface area contributed by atoms with Gasteiger partial charge >= 0.3 is 0 Å². The molecule has 4 rings (SSSR count). The van der Waals surface area contributed by atoms with Crippen molar-refractivity contribution in [3.63, 3.8) is 0 Å². The zero-order valence-electron chi connectivity index (χ0n) is 20.1. The summed E-state index contributed by atoms with van der Waals surface area (Å²) >= 11 is 0. The number of amides is 3. The molecule has 0 spiro atoms. The fraction of sp³-hybridized carbons (Fsp3) is 0.370. The Morgan fingerprint density at radius 2 is 1.94 bits per heavy atom. The molecule has 2 aromatic carbocycles. The van der Waals surface area contributed by atoms with Gasteiger partial charge in [-0.1, -0.05) is 49.4 Å². The molecule has 1 saturated heterocycles. The highest BCUT2D eigenvalue weighted by Gasteiger charge is 2.51. The maximum absolute atomic E-state index is 13.1. The van der Waals surface area contributed by atoms with Crippen molar-refractivity contribution in [2.24, 2.45) is 5.92 Å². The number of benzene rings is 2.